The molecule has 0 bridgehead atoms. The summed E-state index contributed by atoms with van der Waals surface area (Å²) in [7, 11) is -3.22. The molecular formula is C9H26O3Si3. The molecule has 0 fully saturated rings. The molecule has 0 heterocycles. The van der Waals surface area contributed by atoms with Gasteiger partial charge in [0.15, 0.2) is 27.1 Å². The Morgan fingerprint density at radius 1 is 0.800 bits per heavy atom. The summed E-state index contributed by atoms with van der Waals surface area (Å²) < 4.78 is 17.5. The van der Waals surface area contributed by atoms with Crippen LogP contribution in [0.5, 0.6) is 0 Å². The second-order valence-corrected chi connectivity index (χ2v) is 12.1. The molecule has 0 aliphatic carbocycles. The molecule has 0 aliphatic rings. The van der Waals surface area contributed by atoms with Crippen molar-refractivity contribution in [2.45, 2.75) is 58.6 Å². The van der Waals surface area contributed by atoms with E-state index in [0.717, 1.165) is 12.1 Å². The van der Waals surface area contributed by atoms with Crippen molar-refractivity contribution < 1.29 is 13.3 Å². The minimum absolute atomic E-state index is 0.347. The van der Waals surface area contributed by atoms with Gasteiger partial charge in [-0.2, -0.15) is 0 Å². The van der Waals surface area contributed by atoms with Gasteiger partial charge in [-0.05, 0) is 38.3 Å². The summed E-state index contributed by atoms with van der Waals surface area (Å²) >= 11 is 0. The van der Waals surface area contributed by atoms with E-state index < -0.39 is 27.1 Å². The van der Waals surface area contributed by atoms with Gasteiger partial charge >= 0.3 is 0 Å². The Morgan fingerprint density at radius 3 is 1.47 bits per heavy atom. The Balaban J connectivity index is 4.09. The largest absolute Gasteiger partial charge is 0.376 e. The summed E-state index contributed by atoms with van der Waals surface area (Å²) in [6.45, 7) is 12.6. The van der Waals surface area contributed by atoms with E-state index >= 15 is 0 Å². The summed E-state index contributed by atoms with van der Waals surface area (Å²) in [4.78, 5) is 0. The number of hydrogen-bond acceptors (Lipinski definition) is 3. The zero-order chi connectivity index (χ0) is 11.8. The van der Waals surface area contributed by atoms with Crippen molar-refractivity contribution in [3.05, 3.63) is 0 Å². The van der Waals surface area contributed by atoms with Crippen LogP contribution in [0, 0.1) is 0 Å². The van der Waals surface area contributed by atoms with Gasteiger partial charge in [0.1, 0.15) is 0 Å². The summed E-state index contributed by atoms with van der Waals surface area (Å²) in [5, 5.41) is 0. The maximum absolute atomic E-state index is 5.93. The van der Waals surface area contributed by atoms with Gasteiger partial charge in [0.25, 0.3) is 0 Å². The molecular weight excluding hydrogens is 240 g/mol. The molecule has 0 atom stereocenters. The maximum atomic E-state index is 5.93. The van der Waals surface area contributed by atoms with Crippen LogP contribution in [-0.4, -0.2) is 33.6 Å². The SMILES string of the molecule is CC[SiH](CC)OC(O[SiH](C)C)O[SiH](C)C. The molecule has 0 aromatic rings. The lowest BCUT2D eigenvalue weighted by atomic mass is 11.0. The van der Waals surface area contributed by atoms with Gasteiger partial charge in [-0.25, -0.2) is 0 Å². The minimum Gasteiger partial charge on any atom is -0.376 e. The summed E-state index contributed by atoms with van der Waals surface area (Å²) in [5.74, 6) is 0. The topological polar surface area (TPSA) is 27.7 Å². The predicted molar refractivity (Wildman–Crippen MR) is 72.9 cm³/mol. The van der Waals surface area contributed by atoms with Gasteiger partial charge in [0.2, 0.25) is 6.48 Å². The highest BCUT2D eigenvalue weighted by Gasteiger charge is 2.19. The van der Waals surface area contributed by atoms with Crippen LogP contribution in [0.3, 0.4) is 0 Å². The molecule has 0 rings (SSSR count). The van der Waals surface area contributed by atoms with E-state index in [1.165, 1.54) is 0 Å². The molecule has 0 radical (unpaired) electrons. The fraction of sp³-hybridized carbons (Fsp3) is 1.00. The van der Waals surface area contributed by atoms with Crippen molar-refractivity contribution in [2.75, 3.05) is 0 Å². The first-order chi connectivity index (χ1) is 6.99. The Kier molecular flexibility index (Phi) is 8.96. The first kappa shape index (κ1) is 15.5. The van der Waals surface area contributed by atoms with E-state index in [4.69, 9.17) is 13.3 Å². The maximum Gasteiger partial charge on any atom is 0.242 e. The number of hydrogen-bond donors (Lipinski definition) is 0. The smallest absolute Gasteiger partial charge is 0.242 e. The molecule has 15 heavy (non-hydrogen) atoms. The standard InChI is InChI=1S/C9H26O3Si3/c1-7-15(8-2)12-9(10-13(3)4)11-14(5)6/h9,13-15H,7-8H2,1-6H3. The molecule has 0 aliphatic heterocycles. The average Bonchev–Trinajstić information content (AvgIpc) is 2.11. The minimum atomic E-state index is -1.07. The lowest BCUT2D eigenvalue weighted by Crippen LogP contribution is -2.35. The quantitative estimate of drug-likeness (QED) is 0.497. The molecule has 0 aromatic heterocycles. The lowest BCUT2D eigenvalue weighted by molar-refractivity contribution is -0.148. The van der Waals surface area contributed by atoms with Crippen molar-refractivity contribution >= 4 is 27.1 Å². The van der Waals surface area contributed by atoms with Crippen LogP contribution < -0.4 is 0 Å². The normalized spacial score (nSPS) is 12.4. The van der Waals surface area contributed by atoms with Gasteiger partial charge in [-0.15, -0.1) is 0 Å². The highest BCUT2D eigenvalue weighted by Crippen LogP contribution is 2.09. The average molecular weight is 267 g/mol. The van der Waals surface area contributed by atoms with Gasteiger partial charge in [0.05, 0.1) is 0 Å². The van der Waals surface area contributed by atoms with Gasteiger partial charge in [-0.1, -0.05) is 13.8 Å². The second-order valence-electron chi connectivity index (χ2n) is 4.23. The van der Waals surface area contributed by atoms with Crippen molar-refractivity contribution in [1.29, 1.82) is 0 Å². The zero-order valence-electron chi connectivity index (χ0n) is 10.9. The summed E-state index contributed by atoms with van der Waals surface area (Å²) in [5.41, 5.74) is 0. The van der Waals surface area contributed by atoms with Crippen molar-refractivity contribution in [3.63, 3.8) is 0 Å². The molecule has 0 saturated carbocycles. The molecule has 0 amide bonds. The fourth-order valence-electron chi connectivity index (χ4n) is 1.18. The third kappa shape index (κ3) is 8.35. The molecule has 0 N–H and O–H groups in total. The first-order valence-electron chi connectivity index (χ1n) is 5.95. The van der Waals surface area contributed by atoms with Crippen LogP contribution in [0.2, 0.25) is 38.3 Å². The molecule has 92 valence electrons. The monoisotopic (exact) mass is 266 g/mol. The Hall–Kier alpha value is 0.531. The van der Waals surface area contributed by atoms with Crippen LogP contribution >= 0.6 is 0 Å². The van der Waals surface area contributed by atoms with Crippen LogP contribution in [0.25, 0.3) is 0 Å². The molecule has 0 saturated heterocycles. The first-order valence-corrected chi connectivity index (χ1v) is 13.6. The Morgan fingerprint density at radius 2 is 1.20 bits per heavy atom. The molecule has 3 nitrogen and oxygen atoms in total. The van der Waals surface area contributed by atoms with E-state index in [2.05, 4.69) is 40.0 Å². The van der Waals surface area contributed by atoms with E-state index in [-0.39, 0.29) is 6.48 Å². The van der Waals surface area contributed by atoms with Crippen molar-refractivity contribution in [2.24, 2.45) is 0 Å². The molecule has 0 unspecified atom stereocenters. The molecule has 0 aromatic carbocycles. The van der Waals surface area contributed by atoms with E-state index in [1.807, 2.05) is 0 Å². The second kappa shape index (κ2) is 8.66. The highest BCUT2D eigenvalue weighted by molar-refractivity contribution is 6.52. The van der Waals surface area contributed by atoms with Crippen LogP contribution in [0.4, 0.5) is 0 Å². The van der Waals surface area contributed by atoms with Gasteiger partial charge < -0.3 is 13.3 Å². The van der Waals surface area contributed by atoms with Gasteiger partial charge in [0, 0.05) is 0 Å². The summed E-state index contributed by atoms with van der Waals surface area (Å²) in [6.07, 6.45) is 0. The van der Waals surface area contributed by atoms with E-state index in [1.54, 1.807) is 0 Å². The van der Waals surface area contributed by atoms with Crippen LogP contribution in [0.1, 0.15) is 13.8 Å². The zero-order valence-corrected chi connectivity index (χ0v) is 14.4. The Bertz CT molecular complexity index is 142. The molecule has 6 heteroatoms. The molecule has 0 spiro atoms. The van der Waals surface area contributed by atoms with Gasteiger partial charge in [-0.3, -0.25) is 0 Å². The highest BCUT2D eigenvalue weighted by atomic mass is 28.3. The lowest BCUT2D eigenvalue weighted by Gasteiger charge is -2.26. The Labute approximate surface area is 99.3 Å². The van der Waals surface area contributed by atoms with Crippen molar-refractivity contribution in [1.82, 2.24) is 0 Å². The third-order valence-electron chi connectivity index (χ3n) is 1.98. The number of rotatable bonds is 8. The van der Waals surface area contributed by atoms with Crippen LogP contribution in [0.15, 0.2) is 0 Å². The fourth-order valence-corrected chi connectivity index (χ4v) is 4.11. The summed E-state index contributed by atoms with van der Waals surface area (Å²) in [6, 6.07) is 2.30. The predicted octanol–water partition coefficient (Wildman–Crippen LogP) is 2.05. The third-order valence-corrected chi connectivity index (χ3v) is 5.94. The van der Waals surface area contributed by atoms with Crippen LogP contribution in [-0.2, 0) is 13.3 Å². The van der Waals surface area contributed by atoms with E-state index in [9.17, 15) is 0 Å². The van der Waals surface area contributed by atoms with Crippen molar-refractivity contribution in [3.8, 4) is 0 Å². The van der Waals surface area contributed by atoms with E-state index in [0.29, 0.717) is 0 Å².